The second-order valence-electron chi connectivity index (χ2n) is 5.97. The highest BCUT2D eigenvalue weighted by Crippen LogP contribution is 2.15. The maximum Gasteiger partial charge on any atom is 0.171 e. The molecule has 0 amide bonds. The number of rotatable bonds is 5. The molecule has 2 aromatic carbocycles. The molecule has 0 bridgehead atoms. The van der Waals surface area contributed by atoms with E-state index < -0.39 is 0 Å². The molecule has 3 rings (SSSR count). The number of thiocarbonyl (C=S) groups is 1. The van der Waals surface area contributed by atoms with E-state index in [9.17, 15) is 0 Å². The van der Waals surface area contributed by atoms with Gasteiger partial charge in [0.05, 0.1) is 13.2 Å². The lowest BCUT2D eigenvalue weighted by atomic mass is 10.1. The average Bonchev–Trinajstić information content (AvgIpc) is 2.64. The second-order valence-corrected chi connectivity index (χ2v) is 7.30. The standard InChI is InChI=1S/C19H22BrN3OS/c20-17-5-7-18(8-6-17)22-19(25)21-13-15-3-1-2-4-16(15)14-23-9-11-24-12-10-23/h1-8H,9-14H2,(H2,21,22,25). The van der Waals surface area contributed by atoms with Crippen molar-refractivity contribution in [2.45, 2.75) is 13.1 Å². The molecule has 0 aliphatic carbocycles. The number of ether oxygens (including phenoxy) is 1. The number of benzene rings is 2. The summed E-state index contributed by atoms with van der Waals surface area (Å²) in [6.45, 7) is 5.29. The number of hydrogen-bond donors (Lipinski definition) is 2. The molecule has 1 aliphatic heterocycles. The summed E-state index contributed by atoms with van der Waals surface area (Å²) in [6.07, 6.45) is 0. The molecule has 0 radical (unpaired) electrons. The lowest BCUT2D eigenvalue weighted by Crippen LogP contribution is -2.36. The largest absolute Gasteiger partial charge is 0.379 e. The highest BCUT2D eigenvalue weighted by atomic mass is 79.9. The van der Waals surface area contributed by atoms with Crippen LogP contribution in [0.5, 0.6) is 0 Å². The summed E-state index contributed by atoms with van der Waals surface area (Å²) >= 11 is 8.85. The monoisotopic (exact) mass is 419 g/mol. The Morgan fingerprint density at radius 2 is 1.72 bits per heavy atom. The van der Waals surface area contributed by atoms with Gasteiger partial charge in [-0.3, -0.25) is 4.90 Å². The zero-order valence-corrected chi connectivity index (χ0v) is 16.4. The summed E-state index contributed by atoms with van der Waals surface area (Å²) in [6, 6.07) is 16.5. The molecule has 25 heavy (non-hydrogen) atoms. The van der Waals surface area contributed by atoms with E-state index in [2.05, 4.69) is 55.7 Å². The van der Waals surface area contributed by atoms with Gasteiger partial charge < -0.3 is 15.4 Å². The van der Waals surface area contributed by atoms with E-state index >= 15 is 0 Å². The van der Waals surface area contributed by atoms with E-state index in [1.165, 1.54) is 11.1 Å². The molecule has 1 aliphatic rings. The maximum absolute atomic E-state index is 5.43. The maximum atomic E-state index is 5.43. The number of nitrogens with zero attached hydrogens (tertiary/aromatic N) is 1. The Hall–Kier alpha value is -1.47. The molecule has 2 aromatic rings. The van der Waals surface area contributed by atoms with Crippen molar-refractivity contribution in [2.75, 3.05) is 31.6 Å². The Kier molecular flexibility index (Phi) is 6.81. The van der Waals surface area contributed by atoms with Crippen molar-refractivity contribution < 1.29 is 4.74 Å². The first-order valence-electron chi connectivity index (χ1n) is 8.38. The highest BCUT2D eigenvalue weighted by Gasteiger charge is 2.12. The first kappa shape index (κ1) is 18.3. The van der Waals surface area contributed by atoms with E-state index in [0.29, 0.717) is 11.7 Å². The fraction of sp³-hybridized carbons (Fsp3) is 0.316. The minimum Gasteiger partial charge on any atom is -0.379 e. The molecule has 1 fully saturated rings. The van der Waals surface area contributed by atoms with Gasteiger partial charge in [-0.05, 0) is 47.6 Å². The van der Waals surface area contributed by atoms with E-state index in [4.69, 9.17) is 17.0 Å². The van der Waals surface area contributed by atoms with Gasteiger partial charge in [-0.25, -0.2) is 0 Å². The Morgan fingerprint density at radius 1 is 1.04 bits per heavy atom. The number of morpholine rings is 1. The van der Waals surface area contributed by atoms with Gasteiger partial charge >= 0.3 is 0 Å². The van der Waals surface area contributed by atoms with Crippen LogP contribution in [0.4, 0.5) is 5.69 Å². The predicted octanol–water partition coefficient (Wildman–Crippen LogP) is 3.77. The van der Waals surface area contributed by atoms with Crippen LogP contribution in [-0.4, -0.2) is 36.3 Å². The van der Waals surface area contributed by atoms with Crippen LogP contribution in [0.1, 0.15) is 11.1 Å². The van der Waals surface area contributed by atoms with Gasteiger partial charge in [-0.2, -0.15) is 0 Å². The summed E-state index contributed by atoms with van der Waals surface area (Å²) in [7, 11) is 0. The predicted molar refractivity (Wildman–Crippen MR) is 110 cm³/mol. The first-order chi connectivity index (χ1) is 12.2. The molecule has 0 unspecified atom stereocenters. The summed E-state index contributed by atoms with van der Waals surface area (Å²) in [5.41, 5.74) is 3.58. The number of halogens is 1. The van der Waals surface area contributed by atoms with E-state index in [-0.39, 0.29) is 0 Å². The molecule has 0 aromatic heterocycles. The molecule has 0 saturated carbocycles. The van der Waals surface area contributed by atoms with Crippen LogP contribution in [0.2, 0.25) is 0 Å². The highest BCUT2D eigenvalue weighted by molar-refractivity contribution is 9.10. The quantitative estimate of drug-likeness (QED) is 0.721. The molecule has 0 spiro atoms. The summed E-state index contributed by atoms with van der Waals surface area (Å²) in [5, 5.41) is 7.15. The lowest BCUT2D eigenvalue weighted by molar-refractivity contribution is 0.0341. The third-order valence-corrected chi connectivity index (χ3v) is 4.93. The molecular weight excluding hydrogens is 398 g/mol. The van der Waals surface area contributed by atoms with E-state index in [1.807, 2.05) is 24.3 Å². The van der Waals surface area contributed by atoms with Crippen LogP contribution in [0.3, 0.4) is 0 Å². The Morgan fingerprint density at radius 3 is 2.44 bits per heavy atom. The number of anilines is 1. The minimum atomic E-state index is 0.628. The molecular formula is C19H22BrN3OS. The molecule has 6 heteroatoms. The van der Waals surface area contributed by atoms with Crippen molar-refractivity contribution >= 4 is 38.9 Å². The zero-order chi connectivity index (χ0) is 17.5. The van der Waals surface area contributed by atoms with Crippen molar-refractivity contribution in [3.8, 4) is 0 Å². The van der Waals surface area contributed by atoms with Crippen molar-refractivity contribution in [3.05, 3.63) is 64.1 Å². The van der Waals surface area contributed by atoms with Gasteiger partial charge in [0.2, 0.25) is 0 Å². The molecule has 132 valence electrons. The van der Waals surface area contributed by atoms with Crippen molar-refractivity contribution in [1.29, 1.82) is 0 Å². The first-order valence-corrected chi connectivity index (χ1v) is 9.58. The summed E-state index contributed by atoms with van der Waals surface area (Å²) in [5.74, 6) is 0. The van der Waals surface area contributed by atoms with Crippen LogP contribution < -0.4 is 10.6 Å². The van der Waals surface area contributed by atoms with Crippen LogP contribution in [0, 0.1) is 0 Å². The number of hydrogen-bond acceptors (Lipinski definition) is 3. The SMILES string of the molecule is S=C(NCc1ccccc1CN1CCOCC1)Nc1ccc(Br)cc1. The van der Waals surface area contributed by atoms with Gasteiger partial charge in [0.15, 0.2) is 5.11 Å². The Labute approximate surface area is 162 Å². The minimum absolute atomic E-state index is 0.628. The molecule has 1 saturated heterocycles. The van der Waals surface area contributed by atoms with Crippen LogP contribution in [-0.2, 0) is 17.8 Å². The fourth-order valence-electron chi connectivity index (χ4n) is 2.77. The zero-order valence-electron chi connectivity index (χ0n) is 14.0. The number of nitrogens with one attached hydrogen (secondary N) is 2. The molecule has 1 heterocycles. The third kappa shape index (κ3) is 5.78. The van der Waals surface area contributed by atoms with Gasteiger partial charge in [0, 0.05) is 36.3 Å². The summed E-state index contributed by atoms with van der Waals surface area (Å²) in [4.78, 5) is 2.43. The van der Waals surface area contributed by atoms with Crippen molar-refractivity contribution in [3.63, 3.8) is 0 Å². The van der Waals surface area contributed by atoms with Gasteiger partial charge in [0.1, 0.15) is 0 Å². The van der Waals surface area contributed by atoms with Crippen molar-refractivity contribution in [2.24, 2.45) is 0 Å². The van der Waals surface area contributed by atoms with Crippen LogP contribution in [0.15, 0.2) is 53.0 Å². The lowest BCUT2D eigenvalue weighted by Gasteiger charge is -2.27. The smallest absolute Gasteiger partial charge is 0.171 e. The molecule has 4 nitrogen and oxygen atoms in total. The van der Waals surface area contributed by atoms with Crippen LogP contribution in [0.25, 0.3) is 0 Å². The Balaban J connectivity index is 1.55. The normalized spacial score (nSPS) is 14.9. The van der Waals surface area contributed by atoms with E-state index in [0.717, 1.165) is 43.0 Å². The summed E-state index contributed by atoms with van der Waals surface area (Å²) < 4.78 is 6.48. The third-order valence-electron chi connectivity index (χ3n) is 4.16. The Bertz CT molecular complexity index is 702. The van der Waals surface area contributed by atoms with Crippen molar-refractivity contribution in [1.82, 2.24) is 10.2 Å². The molecule has 0 atom stereocenters. The van der Waals surface area contributed by atoms with Gasteiger partial charge in [-0.1, -0.05) is 40.2 Å². The van der Waals surface area contributed by atoms with Gasteiger partial charge in [0.25, 0.3) is 0 Å². The molecule has 2 N–H and O–H groups in total. The fourth-order valence-corrected chi connectivity index (χ4v) is 3.22. The average molecular weight is 420 g/mol. The van der Waals surface area contributed by atoms with Gasteiger partial charge in [-0.15, -0.1) is 0 Å². The van der Waals surface area contributed by atoms with Crippen LogP contribution >= 0.6 is 28.1 Å². The topological polar surface area (TPSA) is 36.5 Å². The van der Waals surface area contributed by atoms with E-state index in [1.54, 1.807) is 0 Å². The second kappa shape index (κ2) is 9.29.